The van der Waals surface area contributed by atoms with Crippen LogP contribution in [0.5, 0.6) is 0 Å². The molecule has 0 fully saturated rings. The van der Waals surface area contributed by atoms with Crippen LogP contribution in [0.25, 0.3) is 0 Å². The number of hydrogen-bond acceptors (Lipinski definition) is 3. The predicted octanol–water partition coefficient (Wildman–Crippen LogP) is 6.21. The Bertz CT molecular complexity index is 1190. The molecule has 3 rings (SSSR count). The summed E-state index contributed by atoms with van der Waals surface area (Å²) in [5.41, 5.74) is 4.59. The second-order valence-corrected chi connectivity index (χ2v) is 10.5. The van der Waals surface area contributed by atoms with Gasteiger partial charge in [0.2, 0.25) is 18.2 Å². The number of aryl methyl sites for hydroxylation is 4. The summed E-state index contributed by atoms with van der Waals surface area (Å²) in [6.07, 6.45) is 0. The van der Waals surface area contributed by atoms with E-state index in [1.165, 1.54) is 0 Å². The fourth-order valence-electron chi connectivity index (χ4n) is 4.04. The van der Waals surface area contributed by atoms with Crippen LogP contribution in [0.15, 0.2) is 54.6 Å². The van der Waals surface area contributed by atoms with Crippen molar-refractivity contribution in [3.05, 3.63) is 99.1 Å². The van der Waals surface area contributed by atoms with E-state index in [-0.39, 0.29) is 5.30 Å². The standard InChI is InChI=1S/C26H27O3P/c1-16-11-10-12-17(2)23(16)25(27)30(29,22-13-8-7-9-14-22)26(28)24-19(4)15-18(3)20(5)21(24)6/h7-15H,1-6H3. The normalized spacial score (nSPS) is 13.0. The zero-order chi connectivity index (χ0) is 22.2. The summed E-state index contributed by atoms with van der Waals surface area (Å²) < 4.78 is 14.5. The lowest BCUT2D eigenvalue weighted by Gasteiger charge is -2.22. The van der Waals surface area contributed by atoms with Gasteiger partial charge < -0.3 is 4.57 Å². The fraction of sp³-hybridized carbons (Fsp3) is 0.231. The topological polar surface area (TPSA) is 51.2 Å². The van der Waals surface area contributed by atoms with Crippen molar-refractivity contribution >= 4 is 23.5 Å². The molecule has 0 aromatic heterocycles. The predicted molar refractivity (Wildman–Crippen MR) is 124 cm³/mol. The van der Waals surface area contributed by atoms with E-state index in [1.54, 1.807) is 30.3 Å². The smallest absolute Gasteiger partial charge is 0.248 e. The molecule has 0 aliphatic heterocycles. The third-order valence-electron chi connectivity index (χ3n) is 5.96. The van der Waals surface area contributed by atoms with Crippen molar-refractivity contribution in [2.75, 3.05) is 0 Å². The van der Waals surface area contributed by atoms with Crippen LogP contribution >= 0.6 is 7.14 Å². The number of rotatable bonds is 5. The number of carbonyl (C=O) groups excluding carboxylic acids is 2. The molecule has 0 heterocycles. The molecule has 0 N–H and O–H groups in total. The number of benzene rings is 3. The SMILES string of the molecule is Cc1cc(C)c(C(=O)P(=O)(C(=O)c2c(C)cccc2C)c2ccccc2)c(C)c1C. The maximum atomic E-state index is 14.5. The highest BCUT2D eigenvalue weighted by Gasteiger charge is 2.44. The number of hydrogen-bond donors (Lipinski definition) is 0. The Morgan fingerprint density at radius 1 is 0.600 bits per heavy atom. The molecular weight excluding hydrogens is 391 g/mol. The van der Waals surface area contributed by atoms with Crippen molar-refractivity contribution in [3.8, 4) is 0 Å². The summed E-state index contributed by atoms with van der Waals surface area (Å²) in [4.78, 5) is 27.7. The lowest BCUT2D eigenvalue weighted by molar-refractivity contribution is 0.104. The van der Waals surface area contributed by atoms with Crippen LogP contribution in [-0.4, -0.2) is 11.0 Å². The van der Waals surface area contributed by atoms with Gasteiger partial charge in [-0.3, -0.25) is 9.59 Å². The van der Waals surface area contributed by atoms with Gasteiger partial charge in [-0.1, -0.05) is 54.6 Å². The molecule has 3 aromatic carbocycles. The average Bonchev–Trinajstić information content (AvgIpc) is 2.71. The molecule has 4 heteroatoms. The summed E-state index contributed by atoms with van der Waals surface area (Å²) >= 11 is 0. The Labute approximate surface area is 178 Å². The Kier molecular flexibility index (Phi) is 5.97. The molecule has 0 spiro atoms. The molecule has 3 aromatic rings. The van der Waals surface area contributed by atoms with Gasteiger partial charge in [-0.05, 0) is 74.9 Å². The van der Waals surface area contributed by atoms with Gasteiger partial charge in [0.15, 0.2) is 0 Å². The zero-order valence-corrected chi connectivity index (χ0v) is 19.3. The highest BCUT2D eigenvalue weighted by Crippen LogP contribution is 2.52. The van der Waals surface area contributed by atoms with Crippen LogP contribution in [0.4, 0.5) is 0 Å². The van der Waals surface area contributed by atoms with Crippen molar-refractivity contribution in [2.45, 2.75) is 41.5 Å². The molecule has 30 heavy (non-hydrogen) atoms. The third kappa shape index (κ3) is 3.48. The Hall–Kier alpha value is -2.77. The monoisotopic (exact) mass is 418 g/mol. The summed E-state index contributed by atoms with van der Waals surface area (Å²) in [5, 5.41) is 0.277. The van der Waals surface area contributed by atoms with Gasteiger partial charge in [-0.25, -0.2) is 0 Å². The van der Waals surface area contributed by atoms with Crippen molar-refractivity contribution in [3.63, 3.8) is 0 Å². The Morgan fingerprint density at radius 2 is 1.13 bits per heavy atom. The van der Waals surface area contributed by atoms with E-state index in [0.717, 1.165) is 33.4 Å². The molecular formula is C26H27O3P. The maximum absolute atomic E-state index is 14.5. The molecule has 0 radical (unpaired) electrons. The lowest BCUT2D eigenvalue weighted by Crippen LogP contribution is -2.23. The van der Waals surface area contributed by atoms with Crippen molar-refractivity contribution in [2.24, 2.45) is 0 Å². The van der Waals surface area contributed by atoms with E-state index in [4.69, 9.17) is 0 Å². The van der Waals surface area contributed by atoms with Crippen molar-refractivity contribution < 1.29 is 14.2 Å². The molecule has 0 bridgehead atoms. The van der Waals surface area contributed by atoms with Gasteiger partial charge in [-0.2, -0.15) is 0 Å². The summed E-state index contributed by atoms with van der Waals surface area (Å²) in [5.74, 6) is 0. The van der Waals surface area contributed by atoms with Crippen molar-refractivity contribution in [1.82, 2.24) is 0 Å². The first-order valence-electron chi connectivity index (χ1n) is 9.99. The maximum Gasteiger partial charge on any atom is 0.248 e. The first-order valence-corrected chi connectivity index (χ1v) is 11.7. The van der Waals surface area contributed by atoms with E-state index in [1.807, 2.05) is 65.8 Å². The highest BCUT2D eigenvalue weighted by molar-refractivity contribution is 8.01. The first kappa shape index (κ1) is 21.9. The van der Waals surface area contributed by atoms with Gasteiger partial charge in [0.05, 0.1) is 0 Å². The zero-order valence-electron chi connectivity index (χ0n) is 18.4. The summed E-state index contributed by atoms with van der Waals surface area (Å²) in [7, 11) is -4.12. The van der Waals surface area contributed by atoms with Gasteiger partial charge in [0.1, 0.15) is 0 Å². The minimum absolute atomic E-state index is 0.277. The quantitative estimate of drug-likeness (QED) is 0.463. The first-order chi connectivity index (χ1) is 14.1. The molecule has 0 aliphatic rings. The molecule has 0 amide bonds. The molecule has 0 saturated carbocycles. The van der Waals surface area contributed by atoms with Crippen LogP contribution in [0.3, 0.4) is 0 Å². The molecule has 1 unspecified atom stereocenters. The molecule has 154 valence electrons. The minimum atomic E-state index is -4.12. The van der Waals surface area contributed by atoms with Gasteiger partial charge >= 0.3 is 0 Å². The van der Waals surface area contributed by atoms with Gasteiger partial charge in [0.25, 0.3) is 0 Å². The molecule has 0 saturated heterocycles. The van der Waals surface area contributed by atoms with E-state index >= 15 is 0 Å². The van der Waals surface area contributed by atoms with Gasteiger partial charge in [0, 0.05) is 16.4 Å². The van der Waals surface area contributed by atoms with E-state index in [9.17, 15) is 14.2 Å². The van der Waals surface area contributed by atoms with Crippen LogP contribution < -0.4 is 5.30 Å². The van der Waals surface area contributed by atoms with Gasteiger partial charge in [-0.15, -0.1) is 0 Å². The summed E-state index contributed by atoms with van der Waals surface area (Å²) in [6.45, 7) is 11.3. The van der Waals surface area contributed by atoms with Crippen LogP contribution in [0.1, 0.15) is 54.1 Å². The second kappa shape index (κ2) is 8.16. The lowest BCUT2D eigenvalue weighted by atomic mass is 9.95. The molecule has 3 nitrogen and oxygen atoms in total. The third-order valence-corrected chi connectivity index (χ3v) is 8.57. The number of carbonyl (C=O) groups is 2. The van der Waals surface area contributed by atoms with Crippen LogP contribution in [0.2, 0.25) is 0 Å². The Balaban J connectivity index is 2.34. The van der Waals surface area contributed by atoms with E-state index in [2.05, 4.69) is 0 Å². The van der Waals surface area contributed by atoms with Crippen LogP contribution in [0, 0.1) is 41.5 Å². The largest absolute Gasteiger partial charge is 0.302 e. The highest BCUT2D eigenvalue weighted by atomic mass is 31.2. The Morgan fingerprint density at radius 3 is 1.70 bits per heavy atom. The summed E-state index contributed by atoms with van der Waals surface area (Å²) in [6, 6.07) is 15.9. The average molecular weight is 418 g/mol. The molecule has 0 aliphatic carbocycles. The van der Waals surface area contributed by atoms with E-state index < -0.39 is 18.2 Å². The minimum Gasteiger partial charge on any atom is -0.302 e. The van der Waals surface area contributed by atoms with Crippen LogP contribution in [-0.2, 0) is 4.57 Å². The fourth-order valence-corrected chi connectivity index (χ4v) is 6.62. The van der Waals surface area contributed by atoms with E-state index in [0.29, 0.717) is 11.1 Å². The molecule has 1 atom stereocenters. The van der Waals surface area contributed by atoms with Crippen molar-refractivity contribution in [1.29, 1.82) is 0 Å². The second-order valence-electron chi connectivity index (χ2n) is 7.96.